The highest BCUT2D eigenvalue weighted by atomic mass is 14.4. The van der Waals surface area contributed by atoms with Crippen molar-refractivity contribution in [1.82, 2.24) is 0 Å². The Hall–Kier alpha value is -0.260. The molecule has 1 fully saturated rings. The van der Waals surface area contributed by atoms with Crippen molar-refractivity contribution < 1.29 is 0 Å². The van der Waals surface area contributed by atoms with Crippen molar-refractivity contribution in [2.24, 2.45) is 17.3 Å². The summed E-state index contributed by atoms with van der Waals surface area (Å²) in [5.74, 6) is 1.81. The van der Waals surface area contributed by atoms with E-state index in [9.17, 15) is 0 Å². The summed E-state index contributed by atoms with van der Waals surface area (Å²) in [6.45, 7) is 7.48. The van der Waals surface area contributed by atoms with Crippen molar-refractivity contribution in [1.29, 1.82) is 0 Å². The van der Waals surface area contributed by atoms with Gasteiger partial charge in [-0.25, -0.2) is 0 Å². The van der Waals surface area contributed by atoms with E-state index in [-0.39, 0.29) is 0 Å². The van der Waals surface area contributed by atoms with Crippen LogP contribution in [0.4, 0.5) is 0 Å². The summed E-state index contributed by atoms with van der Waals surface area (Å²) < 4.78 is 0. The molecule has 22 heavy (non-hydrogen) atoms. The summed E-state index contributed by atoms with van der Waals surface area (Å²) in [5.41, 5.74) is 2.31. The van der Waals surface area contributed by atoms with Crippen molar-refractivity contribution in [2.45, 2.75) is 111 Å². The van der Waals surface area contributed by atoms with Crippen LogP contribution in [0.1, 0.15) is 111 Å². The van der Waals surface area contributed by atoms with Crippen molar-refractivity contribution in [2.75, 3.05) is 0 Å². The molecule has 2 aliphatic rings. The van der Waals surface area contributed by atoms with Gasteiger partial charge in [-0.3, -0.25) is 0 Å². The summed E-state index contributed by atoms with van der Waals surface area (Å²) in [4.78, 5) is 0. The van der Waals surface area contributed by atoms with E-state index in [1.54, 1.807) is 5.57 Å². The van der Waals surface area contributed by atoms with Gasteiger partial charge in [0.25, 0.3) is 0 Å². The van der Waals surface area contributed by atoms with E-state index < -0.39 is 0 Å². The predicted octanol–water partition coefficient (Wildman–Crippen LogP) is 7.68. The van der Waals surface area contributed by atoms with E-state index in [0.29, 0.717) is 5.41 Å². The Bertz CT molecular complexity index is 336. The number of hydrogen-bond acceptors (Lipinski definition) is 0. The highest BCUT2D eigenvalue weighted by Crippen LogP contribution is 2.44. The van der Waals surface area contributed by atoms with Crippen LogP contribution in [-0.4, -0.2) is 0 Å². The largest absolute Gasteiger partial charge is 0.0775 e. The van der Waals surface area contributed by atoms with Crippen molar-refractivity contribution >= 4 is 0 Å². The minimum atomic E-state index is 0.519. The molecule has 0 aromatic rings. The second-order valence-electron chi connectivity index (χ2n) is 9.11. The molecule has 0 radical (unpaired) electrons. The van der Waals surface area contributed by atoms with E-state index in [1.807, 2.05) is 0 Å². The molecule has 0 bridgehead atoms. The molecule has 0 aromatic heterocycles. The number of allylic oxidation sites excluding steroid dienone is 2. The fourth-order valence-corrected chi connectivity index (χ4v) is 4.61. The lowest BCUT2D eigenvalue weighted by Crippen LogP contribution is -2.16. The van der Waals surface area contributed by atoms with Crippen molar-refractivity contribution in [3.05, 3.63) is 11.6 Å². The zero-order valence-electron chi connectivity index (χ0n) is 15.6. The van der Waals surface area contributed by atoms with Crippen molar-refractivity contribution in [3.8, 4) is 0 Å². The summed E-state index contributed by atoms with van der Waals surface area (Å²) in [7, 11) is 0. The average Bonchev–Trinajstić information content (AvgIpc) is 3.15. The molecule has 2 atom stereocenters. The minimum absolute atomic E-state index is 0.519. The van der Waals surface area contributed by atoms with Gasteiger partial charge in [-0.1, -0.05) is 103 Å². The Labute approximate surface area is 140 Å². The third-order valence-corrected chi connectivity index (χ3v) is 5.83. The summed E-state index contributed by atoms with van der Waals surface area (Å²) in [5, 5.41) is 0. The molecule has 0 amide bonds. The van der Waals surface area contributed by atoms with Gasteiger partial charge in [-0.15, -0.1) is 0 Å². The SMILES string of the molecule is CC1CCCCCCCCCCCCC2C=C2CC(C)(C)C1. The highest BCUT2D eigenvalue weighted by Gasteiger charge is 2.31. The van der Waals surface area contributed by atoms with Crippen LogP contribution < -0.4 is 0 Å². The lowest BCUT2D eigenvalue weighted by molar-refractivity contribution is 0.261. The smallest absolute Gasteiger partial charge is 0.00200 e. The quantitative estimate of drug-likeness (QED) is 0.402. The molecule has 2 aliphatic carbocycles. The molecule has 2 unspecified atom stereocenters. The molecule has 0 nitrogen and oxygen atoms in total. The molecule has 2 rings (SSSR count). The van der Waals surface area contributed by atoms with Gasteiger partial charge < -0.3 is 0 Å². The first-order valence-corrected chi connectivity index (χ1v) is 10.3. The molecule has 1 saturated carbocycles. The molecular formula is C22H40. The summed E-state index contributed by atoms with van der Waals surface area (Å²) in [6, 6.07) is 0. The Morgan fingerprint density at radius 3 is 1.86 bits per heavy atom. The molecule has 0 spiro atoms. The maximum atomic E-state index is 2.57. The monoisotopic (exact) mass is 304 g/mol. The van der Waals surface area contributed by atoms with Crippen LogP contribution >= 0.6 is 0 Å². The second-order valence-corrected chi connectivity index (χ2v) is 9.11. The molecule has 128 valence electrons. The zero-order valence-corrected chi connectivity index (χ0v) is 15.6. The maximum absolute atomic E-state index is 2.57. The average molecular weight is 305 g/mol. The molecular weight excluding hydrogens is 264 g/mol. The van der Waals surface area contributed by atoms with E-state index in [0.717, 1.165) is 11.8 Å². The molecule has 0 aliphatic heterocycles. The van der Waals surface area contributed by atoms with E-state index >= 15 is 0 Å². The predicted molar refractivity (Wildman–Crippen MR) is 99.2 cm³/mol. The Kier molecular flexibility index (Phi) is 7.51. The number of hydrogen-bond donors (Lipinski definition) is 0. The lowest BCUT2D eigenvalue weighted by atomic mass is 9.78. The van der Waals surface area contributed by atoms with Gasteiger partial charge in [0.2, 0.25) is 0 Å². The topological polar surface area (TPSA) is 0 Å². The first-order chi connectivity index (χ1) is 10.6. The molecule has 0 heteroatoms. The number of rotatable bonds is 0. The Morgan fingerprint density at radius 1 is 0.773 bits per heavy atom. The standard InChI is InChI=1S/C22H40/c1-19-14-12-10-8-6-4-5-7-9-11-13-15-20-16-21(20)18-22(2,3)17-19/h16,19-20H,4-15,17-18H2,1-3H3. The van der Waals surface area contributed by atoms with Crippen LogP contribution in [-0.2, 0) is 0 Å². The van der Waals surface area contributed by atoms with Gasteiger partial charge in [-0.2, -0.15) is 0 Å². The molecule has 0 saturated heterocycles. The van der Waals surface area contributed by atoms with E-state index in [2.05, 4.69) is 26.8 Å². The third-order valence-electron chi connectivity index (χ3n) is 5.83. The summed E-state index contributed by atoms with van der Waals surface area (Å²) >= 11 is 0. The second kappa shape index (κ2) is 9.14. The summed E-state index contributed by atoms with van der Waals surface area (Å²) in [6.07, 6.45) is 23.0. The molecule has 0 N–H and O–H groups in total. The Balaban J connectivity index is 1.75. The third kappa shape index (κ3) is 7.34. The van der Waals surface area contributed by atoms with E-state index in [1.165, 1.54) is 89.9 Å². The first kappa shape index (κ1) is 18.1. The Morgan fingerprint density at radius 2 is 1.27 bits per heavy atom. The van der Waals surface area contributed by atoms with Gasteiger partial charge in [-0.05, 0) is 36.5 Å². The van der Waals surface area contributed by atoms with Crippen LogP contribution in [0.5, 0.6) is 0 Å². The van der Waals surface area contributed by atoms with Gasteiger partial charge >= 0.3 is 0 Å². The van der Waals surface area contributed by atoms with Crippen molar-refractivity contribution in [3.63, 3.8) is 0 Å². The van der Waals surface area contributed by atoms with Gasteiger partial charge in [0, 0.05) is 0 Å². The van der Waals surface area contributed by atoms with Crippen LogP contribution in [0.3, 0.4) is 0 Å². The highest BCUT2D eigenvalue weighted by molar-refractivity contribution is 5.29. The van der Waals surface area contributed by atoms with Crippen LogP contribution in [0.2, 0.25) is 0 Å². The van der Waals surface area contributed by atoms with Crippen LogP contribution in [0.25, 0.3) is 0 Å². The maximum Gasteiger partial charge on any atom is -0.00200 e. The van der Waals surface area contributed by atoms with Gasteiger partial charge in [0.05, 0.1) is 0 Å². The van der Waals surface area contributed by atoms with Gasteiger partial charge in [0.1, 0.15) is 0 Å². The van der Waals surface area contributed by atoms with Crippen LogP contribution in [0, 0.1) is 17.3 Å². The van der Waals surface area contributed by atoms with E-state index in [4.69, 9.17) is 0 Å². The lowest BCUT2D eigenvalue weighted by Gasteiger charge is -2.28. The molecule has 0 heterocycles. The first-order valence-electron chi connectivity index (χ1n) is 10.3. The van der Waals surface area contributed by atoms with Crippen LogP contribution in [0.15, 0.2) is 11.6 Å². The molecule has 0 aromatic carbocycles. The normalized spacial score (nSPS) is 32.2. The zero-order chi connectivity index (χ0) is 15.8. The minimum Gasteiger partial charge on any atom is -0.0775 e. The van der Waals surface area contributed by atoms with Gasteiger partial charge in [0.15, 0.2) is 0 Å². The fourth-order valence-electron chi connectivity index (χ4n) is 4.61. The number of fused-ring (bicyclic) bond motifs is 1. The fraction of sp³-hybridized carbons (Fsp3) is 0.909.